The van der Waals surface area contributed by atoms with Gasteiger partial charge in [0.05, 0.1) is 7.11 Å². The van der Waals surface area contributed by atoms with Crippen molar-refractivity contribution in [2.75, 3.05) is 20.2 Å². The Hall–Kier alpha value is -0.730. The average molecular weight is 203 g/mol. The van der Waals surface area contributed by atoms with E-state index in [0.29, 0.717) is 0 Å². The molecule has 0 bridgehead atoms. The van der Waals surface area contributed by atoms with Crippen molar-refractivity contribution in [3.05, 3.63) is 0 Å². The Morgan fingerprint density at radius 1 is 1.14 bits per heavy atom. The first-order valence-electron chi connectivity index (χ1n) is 5.59. The summed E-state index contributed by atoms with van der Waals surface area (Å²) in [5.41, 5.74) is 0. The quantitative estimate of drug-likeness (QED) is 0.686. The molecule has 0 heterocycles. The number of methoxy groups -OCH3 is 1. The van der Waals surface area contributed by atoms with Crippen LogP contribution in [0.5, 0.6) is 0 Å². The van der Waals surface area contributed by atoms with Crippen molar-refractivity contribution >= 4 is 6.09 Å². The number of nitrogens with zero attached hydrogens (tertiary/aromatic N) is 1. The molecule has 0 aliphatic carbocycles. The highest BCUT2D eigenvalue weighted by Crippen LogP contribution is 1.98. The Labute approximate surface area is 88.4 Å². The van der Waals surface area contributed by atoms with Gasteiger partial charge < -0.3 is 9.64 Å². The van der Waals surface area contributed by atoms with Crippen molar-refractivity contribution in [2.45, 2.75) is 47.0 Å². The largest absolute Gasteiger partial charge is 0.453 e. The van der Waals surface area contributed by atoms with Crippen LogP contribution in [0.3, 0.4) is 0 Å². The third-order valence-corrected chi connectivity index (χ3v) is 1.71. The van der Waals surface area contributed by atoms with E-state index in [4.69, 9.17) is 0 Å². The Morgan fingerprint density at radius 2 is 1.71 bits per heavy atom. The number of unbranched alkanes of at least 4 members (excludes halogenated alkanes) is 1. The third-order valence-electron chi connectivity index (χ3n) is 1.71. The zero-order valence-corrected chi connectivity index (χ0v) is 10.3. The minimum absolute atomic E-state index is 0.203. The van der Waals surface area contributed by atoms with E-state index in [9.17, 15) is 4.79 Å². The van der Waals surface area contributed by atoms with Gasteiger partial charge in [0.1, 0.15) is 0 Å². The summed E-state index contributed by atoms with van der Waals surface area (Å²) in [4.78, 5) is 12.9. The van der Waals surface area contributed by atoms with Gasteiger partial charge in [0.2, 0.25) is 0 Å². The standard InChI is InChI=1S/C9H19NO2.C2H6/c1-4-6-8-10(7-5-2)9(11)12-3;1-2/h4-8H2,1-3H3;1-2H3. The zero-order chi connectivity index (χ0) is 11.4. The van der Waals surface area contributed by atoms with Crippen LogP contribution in [0.15, 0.2) is 0 Å². The molecule has 3 heteroatoms. The number of hydrogen-bond acceptors (Lipinski definition) is 2. The Balaban J connectivity index is 0. The molecule has 0 aliphatic rings. The fourth-order valence-corrected chi connectivity index (χ4v) is 1.04. The highest BCUT2D eigenvalue weighted by Gasteiger charge is 2.10. The molecule has 0 unspecified atom stereocenters. The summed E-state index contributed by atoms with van der Waals surface area (Å²) < 4.78 is 4.65. The average Bonchev–Trinajstić information content (AvgIpc) is 2.26. The van der Waals surface area contributed by atoms with Gasteiger partial charge in [-0.15, -0.1) is 0 Å². The molecule has 0 aliphatic heterocycles. The molecule has 0 spiro atoms. The highest BCUT2D eigenvalue weighted by atomic mass is 16.5. The molecule has 86 valence electrons. The first-order chi connectivity index (χ1) is 6.76. The maximum Gasteiger partial charge on any atom is 0.409 e. The highest BCUT2D eigenvalue weighted by molar-refractivity contribution is 5.67. The van der Waals surface area contributed by atoms with E-state index in [1.54, 1.807) is 4.90 Å². The van der Waals surface area contributed by atoms with E-state index in [2.05, 4.69) is 18.6 Å². The van der Waals surface area contributed by atoms with E-state index in [1.807, 2.05) is 13.8 Å². The van der Waals surface area contributed by atoms with Crippen molar-refractivity contribution in [1.82, 2.24) is 4.90 Å². The topological polar surface area (TPSA) is 29.5 Å². The summed E-state index contributed by atoms with van der Waals surface area (Å²) in [6.45, 7) is 9.78. The van der Waals surface area contributed by atoms with Crippen LogP contribution in [0.1, 0.15) is 47.0 Å². The molecule has 0 saturated heterocycles. The molecule has 0 atom stereocenters. The minimum atomic E-state index is -0.203. The van der Waals surface area contributed by atoms with Crippen LogP contribution < -0.4 is 0 Å². The second kappa shape index (κ2) is 12.3. The van der Waals surface area contributed by atoms with Crippen LogP contribution in [0, 0.1) is 0 Å². The van der Waals surface area contributed by atoms with Gasteiger partial charge in [0, 0.05) is 13.1 Å². The normalized spacial score (nSPS) is 8.64. The molecular formula is C11H25NO2. The number of rotatable bonds is 5. The van der Waals surface area contributed by atoms with Gasteiger partial charge >= 0.3 is 6.09 Å². The van der Waals surface area contributed by atoms with E-state index < -0.39 is 0 Å². The molecular weight excluding hydrogens is 178 g/mol. The van der Waals surface area contributed by atoms with Crippen molar-refractivity contribution in [3.8, 4) is 0 Å². The summed E-state index contributed by atoms with van der Waals surface area (Å²) in [7, 11) is 1.43. The number of amides is 1. The van der Waals surface area contributed by atoms with E-state index >= 15 is 0 Å². The lowest BCUT2D eigenvalue weighted by atomic mass is 10.3. The summed E-state index contributed by atoms with van der Waals surface area (Å²) >= 11 is 0. The lowest BCUT2D eigenvalue weighted by Gasteiger charge is -2.19. The predicted octanol–water partition coefficient (Wildman–Crippen LogP) is 3.29. The number of ether oxygens (including phenoxy) is 1. The first kappa shape index (κ1) is 15.7. The monoisotopic (exact) mass is 203 g/mol. The summed E-state index contributed by atoms with van der Waals surface area (Å²) in [5.74, 6) is 0. The molecule has 0 saturated carbocycles. The third kappa shape index (κ3) is 7.90. The molecule has 3 nitrogen and oxygen atoms in total. The van der Waals surface area contributed by atoms with Crippen molar-refractivity contribution in [3.63, 3.8) is 0 Å². The van der Waals surface area contributed by atoms with E-state index in [1.165, 1.54) is 7.11 Å². The van der Waals surface area contributed by atoms with E-state index in [-0.39, 0.29) is 6.09 Å². The summed E-state index contributed by atoms with van der Waals surface area (Å²) in [6.07, 6.45) is 2.94. The van der Waals surface area contributed by atoms with E-state index in [0.717, 1.165) is 32.4 Å². The summed E-state index contributed by atoms with van der Waals surface area (Å²) in [6, 6.07) is 0. The van der Waals surface area contributed by atoms with Crippen LogP contribution in [0.4, 0.5) is 4.79 Å². The van der Waals surface area contributed by atoms with Crippen LogP contribution in [0.25, 0.3) is 0 Å². The number of carbonyl (C=O) groups is 1. The van der Waals surface area contributed by atoms with Crippen LogP contribution in [-0.4, -0.2) is 31.2 Å². The SMILES string of the molecule is CC.CCCCN(CCC)C(=O)OC. The zero-order valence-electron chi connectivity index (χ0n) is 10.3. The Morgan fingerprint density at radius 3 is 2.07 bits per heavy atom. The van der Waals surface area contributed by atoms with Gasteiger partial charge in [-0.2, -0.15) is 0 Å². The molecule has 0 radical (unpaired) electrons. The second-order valence-corrected chi connectivity index (χ2v) is 2.81. The Kier molecular flexibility index (Phi) is 13.8. The maximum atomic E-state index is 11.1. The first-order valence-corrected chi connectivity index (χ1v) is 5.59. The predicted molar refractivity (Wildman–Crippen MR) is 60.5 cm³/mol. The van der Waals surface area contributed by atoms with Gasteiger partial charge in [-0.25, -0.2) is 4.79 Å². The smallest absolute Gasteiger partial charge is 0.409 e. The van der Waals surface area contributed by atoms with Crippen LogP contribution in [0.2, 0.25) is 0 Å². The van der Waals surface area contributed by atoms with Crippen molar-refractivity contribution in [1.29, 1.82) is 0 Å². The number of hydrogen-bond donors (Lipinski definition) is 0. The van der Waals surface area contributed by atoms with Crippen LogP contribution in [-0.2, 0) is 4.74 Å². The number of carbonyl (C=O) groups excluding carboxylic acids is 1. The second-order valence-electron chi connectivity index (χ2n) is 2.81. The van der Waals surface area contributed by atoms with Crippen molar-refractivity contribution < 1.29 is 9.53 Å². The summed E-state index contributed by atoms with van der Waals surface area (Å²) in [5, 5.41) is 0. The lowest BCUT2D eigenvalue weighted by molar-refractivity contribution is 0.123. The molecule has 0 aromatic carbocycles. The van der Waals surface area contributed by atoms with Gasteiger partial charge in [-0.05, 0) is 12.8 Å². The molecule has 0 N–H and O–H groups in total. The maximum absolute atomic E-state index is 11.1. The minimum Gasteiger partial charge on any atom is -0.453 e. The molecule has 0 aromatic heterocycles. The molecule has 0 fully saturated rings. The van der Waals surface area contributed by atoms with Gasteiger partial charge in [-0.1, -0.05) is 34.1 Å². The molecule has 1 amide bonds. The van der Waals surface area contributed by atoms with Crippen molar-refractivity contribution in [2.24, 2.45) is 0 Å². The van der Waals surface area contributed by atoms with Crippen LogP contribution >= 0.6 is 0 Å². The molecule has 0 rings (SSSR count). The molecule has 0 aromatic rings. The Bertz CT molecular complexity index is 126. The van der Waals surface area contributed by atoms with Gasteiger partial charge in [0.25, 0.3) is 0 Å². The lowest BCUT2D eigenvalue weighted by Crippen LogP contribution is -2.32. The molecule has 14 heavy (non-hydrogen) atoms. The van der Waals surface area contributed by atoms with Gasteiger partial charge in [0.15, 0.2) is 0 Å². The fourth-order valence-electron chi connectivity index (χ4n) is 1.04. The fraction of sp³-hybridized carbons (Fsp3) is 0.909. The van der Waals surface area contributed by atoms with Gasteiger partial charge in [-0.3, -0.25) is 0 Å².